The van der Waals surface area contributed by atoms with Crippen LogP contribution in [0.3, 0.4) is 0 Å². The van der Waals surface area contributed by atoms with Crippen LogP contribution in [0.5, 0.6) is 0 Å². The summed E-state index contributed by atoms with van der Waals surface area (Å²) in [7, 11) is 0. The lowest BCUT2D eigenvalue weighted by Crippen LogP contribution is -2.34. The van der Waals surface area contributed by atoms with Crippen LogP contribution in [-0.4, -0.2) is 17.4 Å². The lowest BCUT2D eigenvalue weighted by Gasteiger charge is -2.23. The Kier molecular flexibility index (Phi) is 3.82. The van der Waals surface area contributed by atoms with Gasteiger partial charge in [-0.3, -0.25) is 4.79 Å². The number of halogens is 1. The number of hydrogen-bond donors (Lipinski definition) is 1. The molecule has 1 aromatic rings. The molecule has 2 rings (SSSR count). The Bertz CT molecular complexity index is 414. The summed E-state index contributed by atoms with van der Waals surface area (Å²) in [5, 5.41) is 3.02. The van der Waals surface area contributed by atoms with E-state index >= 15 is 0 Å². The number of carbonyl (C=O) groups is 1. The zero-order valence-electron chi connectivity index (χ0n) is 10.0. The molecule has 0 aromatic carbocycles. The molecule has 92 valence electrons. The average molecular weight is 297 g/mol. The van der Waals surface area contributed by atoms with E-state index in [2.05, 4.69) is 33.2 Å². The summed E-state index contributed by atoms with van der Waals surface area (Å²) in [6.45, 7) is 3.02. The minimum Gasteiger partial charge on any atom is -0.351 e. The van der Waals surface area contributed by atoms with E-state index in [1.54, 1.807) is 18.3 Å². The third-order valence-corrected chi connectivity index (χ3v) is 3.91. The quantitative estimate of drug-likeness (QED) is 0.871. The Morgan fingerprint density at radius 1 is 1.53 bits per heavy atom. The Hall–Kier alpha value is -0.900. The monoisotopic (exact) mass is 296 g/mol. The molecular formula is C13H17BrN2O. The van der Waals surface area contributed by atoms with E-state index in [0.717, 1.165) is 6.54 Å². The van der Waals surface area contributed by atoms with Crippen LogP contribution >= 0.6 is 15.9 Å². The van der Waals surface area contributed by atoms with Crippen molar-refractivity contribution in [3.05, 3.63) is 28.5 Å². The van der Waals surface area contributed by atoms with Gasteiger partial charge in [0, 0.05) is 18.3 Å². The maximum Gasteiger partial charge on any atom is 0.251 e. The van der Waals surface area contributed by atoms with Crippen LogP contribution in [0.4, 0.5) is 0 Å². The van der Waals surface area contributed by atoms with E-state index in [-0.39, 0.29) is 5.91 Å². The predicted octanol–water partition coefficient (Wildman–Crippen LogP) is 3.15. The van der Waals surface area contributed by atoms with Crippen LogP contribution in [-0.2, 0) is 0 Å². The molecule has 17 heavy (non-hydrogen) atoms. The number of nitrogens with one attached hydrogen (secondary N) is 1. The van der Waals surface area contributed by atoms with Gasteiger partial charge in [-0.05, 0) is 46.3 Å². The van der Waals surface area contributed by atoms with Gasteiger partial charge in [0.1, 0.15) is 4.60 Å². The molecule has 0 atom stereocenters. The Morgan fingerprint density at radius 2 is 2.24 bits per heavy atom. The fourth-order valence-electron chi connectivity index (χ4n) is 2.34. The first-order chi connectivity index (χ1) is 8.09. The van der Waals surface area contributed by atoms with Crippen LogP contribution in [0.15, 0.2) is 22.9 Å². The first-order valence-electron chi connectivity index (χ1n) is 5.99. The van der Waals surface area contributed by atoms with Gasteiger partial charge in [-0.1, -0.05) is 19.8 Å². The van der Waals surface area contributed by atoms with E-state index in [1.807, 2.05) is 0 Å². The largest absolute Gasteiger partial charge is 0.351 e. The van der Waals surface area contributed by atoms with Gasteiger partial charge in [0.05, 0.1) is 0 Å². The van der Waals surface area contributed by atoms with Crippen LogP contribution in [0.2, 0.25) is 0 Å². The molecule has 0 saturated heterocycles. The molecule has 1 N–H and O–H groups in total. The SMILES string of the molecule is CC1(CNC(=O)c2ccnc(Br)c2)CCCC1. The molecule has 0 radical (unpaired) electrons. The molecule has 1 amide bonds. The lowest BCUT2D eigenvalue weighted by molar-refractivity contribution is 0.0934. The highest BCUT2D eigenvalue weighted by Gasteiger charge is 2.28. The molecular weight excluding hydrogens is 280 g/mol. The summed E-state index contributed by atoms with van der Waals surface area (Å²) in [5.41, 5.74) is 0.952. The minimum absolute atomic E-state index is 0.0128. The second kappa shape index (κ2) is 5.17. The van der Waals surface area contributed by atoms with Gasteiger partial charge in [-0.15, -0.1) is 0 Å². The molecule has 1 aromatic heterocycles. The summed E-state index contributed by atoms with van der Waals surface area (Å²) in [6, 6.07) is 3.48. The van der Waals surface area contributed by atoms with Crippen molar-refractivity contribution in [3.63, 3.8) is 0 Å². The molecule has 0 unspecified atom stereocenters. The maximum atomic E-state index is 11.9. The number of amides is 1. The number of aromatic nitrogens is 1. The number of pyridine rings is 1. The van der Waals surface area contributed by atoms with Crippen molar-refractivity contribution in [3.8, 4) is 0 Å². The van der Waals surface area contributed by atoms with Crippen molar-refractivity contribution in [1.29, 1.82) is 0 Å². The van der Waals surface area contributed by atoms with E-state index < -0.39 is 0 Å². The van der Waals surface area contributed by atoms with Crippen molar-refractivity contribution in [1.82, 2.24) is 10.3 Å². The maximum absolute atomic E-state index is 11.9. The van der Waals surface area contributed by atoms with E-state index in [4.69, 9.17) is 0 Å². The molecule has 4 heteroatoms. The normalized spacial score (nSPS) is 18.0. The van der Waals surface area contributed by atoms with Crippen molar-refractivity contribution in [2.24, 2.45) is 5.41 Å². The highest BCUT2D eigenvalue weighted by Crippen LogP contribution is 2.36. The molecule has 1 saturated carbocycles. The van der Waals surface area contributed by atoms with Gasteiger partial charge < -0.3 is 5.32 Å². The van der Waals surface area contributed by atoms with E-state index in [1.165, 1.54) is 25.7 Å². The number of hydrogen-bond acceptors (Lipinski definition) is 2. The van der Waals surface area contributed by atoms with Gasteiger partial charge in [0.2, 0.25) is 0 Å². The Labute approximate surface area is 110 Å². The van der Waals surface area contributed by atoms with Gasteiger partial charge in [-0.2, -0.15) is 0 Å². The van der Waals surface area contributed by atoms with Gasteiger partial charge in [0.15, 0.2) is 0 Å². The summed E-state index contributed by atoms with van der Waals surface area (Å²) < 4.78 is 0.692. The van der Waals surface area contributed by atoms with E-state index in [0.29, 0.717) is 15.6 Å². The zero-order valence-corrected chi connectivity index (χ0v) is 11.6. The highest BCUT2D eigenvalue weighted by atomic mass is 79.9. The van der Waals surface area contributed by atoms with Crippen LogP contribution in [0, 0.1) is 5.41 Å². The highest BCUT2D eigenvalue weighted by molar-refractivity contribution is 9.10. The molecule has 1 aliphatic rings. The first-order valence-corrected chi connectivity index (χ1v) is 6.78. The van der Waals surface area contributed by atoms with Crippen LogP contribution < -0.4 is 5.32 Å². The van der Waals surface area contributed by atoms with Crippen molar-refractivity contribution in [2.45, 2.75) is 32.6 Å². The molecule has 0 spiro atoms. The summed E-state index contributed by atoms with van der Waals surface area (Å²) in [5.74, 6) is -0.0128. The molecule has 1 heterocycles. The smallest absolute Gasteiger partial charge is 0.251 e. The summed E-state index contributed by atoms with van der Waals surface area (Å²) >= 11 is 3.27. The Morgan fingerprint density at radius 3 is 2.88 bits per heavy atom. The van der Waals surface area contributed by atoms with Gasteiger partial charge in [0.25, 0.3) is 5.91 Å². The summed E-state index contributed by atoms with van der Waals surface area (Å²) in [6.07, 6.45) is 6.64. The van der Waals surface area contributed by atoms with Crippen molar-refractivity contribution >= 4 is 21.8 Å². The zero-order chi connectivity index (χ0) is 12.3. The topological polar surface area (TPSA) is 42.0 Å². The molecule has 0 bridgehead atoms. The third kappa shape index (κ3) is 3.28. The summed E-state index contributed by atoms with van der Waals surface area (Å²) in [4.78, 5) is 15.9. The number of rotatable bonds is 3. The minimum atomic E-state index is -0.0128. The fourth-order valence-corrected chi connectivity index (χ4v) is 2.71. The number of carbonyl (C=O) groups excluding carboxylic acids is 1. The molecule has 0 aliphatic heterocycles. The molecule has 1 aliphatic carbocycles. The first kappa shape index (κ1) is 12.6. The van der Waals surface area contributed by atoms with Crippen LogP contribution in [0.25, 0.3) is 0 Å². The standard InChI is InChI=1S/C13H17BrN2O/c1-13(5-2-3-6-13)9-16-12(17)10-4-7-15-11(14)8-10/h4,7-8H,2-3,5-6,9H2,1H3,(H,16,17). The van der Waals surface area contributed by atoms with Crippen LogP contribution in [0.1, 0.15) is 43.0 Å². The second-order valence-electron chi connectivity index (χ2n) is 5.07. The van der Waals surface area contributed by atoms with Gasteiger partial charge in [-0.25, -0.2) is 4.98 Å². The van der Waals surface area contributed by atoms with E-state index in [9.17, 15) is 4.79 Å². The fraction of sp³-hybridized carbons (Fsp3) is 0.538. The molecule has 3 nitrogen and oxygen atoms in total. The number of nitrogens with zero attached hydrogens (tertiary/aromatic N) is 1. The molecule has 1 fully saturated rings. The van der Waals surface area contributed by atoms with Gasteiger partial charge >= 0.3 is 0 Å². The predicted molar refractivity (Wildman–Crippen MR) is 70.8 cm³/mol. The van der Waals surface area contributed by atoms with Crippen molar-refractivity contribution in [2.75, 3.05) is 6.54 Å². The Balaban J connectivity index is 1.93. The third-order valence-electron chi connectivity index (χ3n) is 3.48. The average Bonchev–Trinajstić information content (AvgIpc) is 2.74. The van der Waals surface area contributed by atoms with Crippen molar-refractivity contribution < 1.29 is 4.79 Å². The second-order valence-corrected chi connectivity index (χ2v) is 5.88. The lowest BCUT2D eigenvalue weighted by atomic mass is 9.89.